The maximum Gasteiger partial charge on any atom is 0.230 e. The van der Waals surface area contributed by atoms with Gasteiger partial charge in [-0.3, -0.25) is 4.79 Å². The minimum absolute atomic E-state index is 0.0409. The largest absolute Gasteiger partial charge is 0.354 e. The molecule has 1 heterocycles. The molecule has 0 unspecified atom stereocenters. The minimum atomic E-state index is 0.0409. The van der Waals surface area contributed by atoms with E-state index in [4.69, 9.17) is 0 Å². The van der Waals surface area contributed by atoms with Gasteiger partial charge < -0.3 is 9.88 Å². The summed E-state index contributed by atoms with van der Waals surface area (Å²) in [4.78, 5) is 12.4. The van der Waals surface area contributed by atoms with Gasteiger partial charge in [0.2, 0.25) is 5.91 Å². The second-order valence-electron chi connectivity index (χ2n) is 7.31. The van der Waals surface area contributed by atoms with Crippen molar-refractivity contribution in [3.63, 3.8) is 0 Å². The summed E-state index contributed by atoms with van der Waals surface area (Å²) in [5.41, 5.74) is 2.64. The summed E-state index contributed by atoms with van der Waals surface area (Å²) >= 11 is 1.44. The van der Waals surface area contributed by atoms with Crippen molar-refractivity contribution in [2.75, 3.05) is 12.3 Å². The van der Waals surface area contributed by atoms with Crippen molar-refractivity contribution in [2.24, 2.45) is 0 Å². The summed E-state index contributed by atoms with van der Waals surface area (Å²) in [7, 11) is 0. The van der Waals surface area contributed by atoms with Gasteiger partial charge in [0.1, 0.15) is 5.82 Å². The second kappa shape index (κ2) is 8.19. The van der Waals surface area contributed by atoms with E-state index < -0.39 is 0 Å². The standard InChI is InChI=1S/C22H24N4OS/c1-17-24-25-21(26(17)14-18-8-4-2-5-9-18)28-15-20(27)23-16-22(12-13-22)19-10-6-3-7-11-19/h2-11H,12-16H2,1H3,(H,23,27). The number of nitrogens with one attached hydrogen (secondary N) is 1. The van der Waals surface area contributed by atoms with Crippen LogP contribution >= 0.6 is 11.8 Å². The third kappa shape index (κ3) is 4.28. The number of aryl methyl sites for hydroxylation is 1. The molecule has 0 atom stereocenters. The molecular formula is C22H24N4OS. The van der Waals surface area contributed by atoms with Gasteiger partial charge in [-0.15, -0.1) is 10.2 Å². The molecule has 1 saturated carbocycles. The number of nitrogens with zero attached hydrogens (tertiary/aromatic N) is 3. The predicted octanol–water partition coefficient (Wildman–Crippen LogP) is 3.57. The van der Waals surface area contributed by atoms with E-state index in [1.54, 1.807) is 0 Å². The molecule has 0 saturated heterocycles. The molecule has 0 radical (unpaired) electrons. The van der Waals surface area contributed by atoms with Crippen LogP contribution in [-0.2, 0) is 16.8 Å². The Hall–Kier alpha value is -2.60. The van der Waals surface area contributed by atoms with Crippen LogP contribution in [0.4, 0.5) is 0 Å². The average Bonchev–Trinajstić information content (AvgIpc) is 3.46. The van der Waals surface area contributed by atoms with Crippen LogP contribution in [0.3, 0.4) is 0 Å². The highest BCUT2D eigenvalue weighted by atomic mass is 32.2. The van der Waals surface area contributed by atoms with E-state index in [9.17, 15) is 4.79 Å². The summed E-state index contributed by atoms with van der Waals surface area (Å²) < 4.78 is 2.06. The minimum Gasteiger partial charge on any atom is -0.354 e. The van der Waals surface area contributed by atoms with Crippen LogP contribution in [0.15, 0.2) is 65.8 Å². The highest BCUT2D eigenvalue weighted by Crippen LogP contribution is 2.47. The highest BCUT2D eigenvalue weighted by molar-refractivity contribution is 7.99. The number of hydrogen-bond acceptors (Lipinski definition) is 4. The number of hydrogen-bond donors (Lipinski definition) is 1. The lowest BCUT2D eigenvalue weighted by Gasteiger charge is -2.16. The molecule has 1 amide bonds. The van der Waals surface area contributed by atoms with Crippen LogP contribution < -0.4 is 5.32 Å². The molecule has 4 rings (SSSR count). The molecule has 2 aromatic carbocycles. The van der Waals surface area contributed by atoms with E-state index in [1.165, 1.54) is 22.9 Å². The zero-order valence-electron chi connectivity index (χ0n) is 16.0. The van der Waals surface area contributed by atoms with E-state index in [-0.39, 0.29) is 11.3 Å². The van der Waals surface area contributed by atoms with Crippen LogP contribution in [0, 0.1) is 6.92 Å². The molecule has 144 valence electrons. The molecule has 1 aliphatic carbocycles. The fourth-order valence-electron chi connectivity index (χ4n) is 3.38. The zero-order valence-corrected chi connectivity index (χ0v) is 16.8. The van der Waals surface area contributed by atoms with E-state index in [0.717, 1.165) is 23.8 Å². The smallest absolute Gasteiger partial charge is 0.230 e. The molecule has 6 heteroatoms. The molecule has 3 aromatic rings. The lowest BCUT2D eigenvalue weighted by Crippen LogP contribution is -2.33. The van der Waals surface area contributed by atoms with Gasteiger partial charge in [-0.2, -0.15) is 0 Å². The topological polar surface area (TPSA) is 59.8 Å². The Morgan fingerprint density at radius 3 is 2.43 bits per heavy atom. The van der Waals surface area contributed by atoms with Crippen molar-refractivity contribution in [3.05, 3.63) is 77.6 Å². The van der Waals surface area contributed by atoms with E-state index >= 15 is 0 Å². The van der Waals surface area contributed by atoms with Crippen LogP contribution in [0.5, 0.6) is 0 Å². The first-order chi connectivity index (χ1) is 13.7. The number of amides is 1. The Morgan fingerprint density at radius 1 is 1.07 bits per heavy atom. The maximum absolute atomic E-state index is 12.4. The van der Waals surface area contributed by atoms with Crippen LogP contribution in [-0.4, -0.2) is 33.0 Å². The molecule has 1 N–H and O–H groups in total. The fourth-order valence-corrected chi connectivity index (χ4v) is 4.19. The number of aromatic nitrogens is 3. The van der Waals surface area contributed by atoms with Gasteiger partial charge in [-0.25, -0.2) is 0 Å². The molecule has 0 spiro atoms. The van der Waals surface area contributed by atoms with Gasteiger partial charge in [0, 0.05) is 12.0 Å². The van der Waals surface area contributed by atoms with Crippen LogP contribution in [0.25, 0.3) is 0 Å². The van der Waals surface area contributed by atoms with Crippen LogP contribution in [0.1, 0.15) is 29.8 Å². The lowest BCUT2D eigenvalue weighted by atomic mass is 9.96. The summed E-state index contributed by atoms with van der Waals surface area (Å²) in [6, 6.07) is 20.7. The Morgan fingerprint density at radius 2 is 1.75 bits per heavy atom. The molecule has 1 aliphatic rings. The fraction of sp³-hybridized carbons (Fsp3) is 0.318. The third-order valence-corrected chi connectivity index (χ3v) is 6.25. The summed E-state index contributed by atoms with van der Waals surface area (Å²) in [6.07, 6.45) is 2.27. The maximum atomic E-state index is 12.4. The number of thioether (sulfide) groups is 1. The molecule has 5 nitrogen and oxygen atoms in total. The van der Waals surface area contributed by atoms with Crippen LogP contribution in [0.2, 0.25) is 0 Å². The van der Waals surface area contributed by atoms with Crippen molar-refractivity contribution < 1.29 is 4.79 Å². The quantitative estimate of drug-likeness (QED) is 0.596. The predicted molar refractivity (Wildman–Crippen MR) is 111 cm³/mol. The third-order valence-electron chi connectivity index (χ3n) is 5.28. The lowest BCUT2D eigenvalue weighted by molar-refractivity contribution is -0.118. The number of carbonyl (C=O) groups is 1. The Kier molecular flexibility index (Phi) is 5.48. The first-order valence-corrected chi connectivity index (χ1v) is 10.5. The normalized spacial score (nSPS) is 14.6. The summed E-state index contributed by atoms with van der Waals surface area (Å²) in [5, 5.41) is 12.3. The van der Waals surface area contributed by atoms with E-state index in [0.29, 0.717) is 18.8 Å². The highest BCUT2D eigenvalue weighted by Gasteiger charge is 2.44. The monoisotopic (exact) mass is 392 g/mol. The average molecular weight is 393 g/mol. The van der Waals surface area contributed by atoms with Crippen molar-refractivity contribution >= 4 is 17.7 Å². The van der Waals surface area contributed by atoms with Gasteiger partial charge in [-0.1, -0.05) is 72.4 Å². The van der Waals surface area contributed by atoms with Crippen molar-refractivity contribution in [2.45, 2.75) is 36.9 Å². The van der Waals surface area contributed by atoms with Gasteiger partial charge in [0.05, 0.1) is 12.3 Å². The molecule has 1 fully saturated rings. The first kappa shape index (κ1) is 18.7. The Bertz CT molecular complexity index is 936. The molecule has 1 aromatic heterocycles. The van der Waals surface area contributed by atoms with E-state index in [2.05, 4.69) is 56.5 Å². The van der Waals surface area contributed by atoms with Gasteiger partial charge >= 0.3 is 0 Å². The molecule has 0 bridgehead atoms. The SMILES string of the molecule is Cc1nnc(SCC(=O)NCC2(c3ccccc3)CC2)n1Cc1ccccc1. The van der Waals surface area contributed by atoms with Gasteiger partial charge in [0.15, 0.2) is 5.16 Å². The van der Waals surface area contributed by atoms with E-state index in [1.807, 2.05) is 31.2 Å². The Balaban J connectivity index is 1.32. The molecule has 28 heavy (non-hydrogen) atoms. The van der Waals surface area contributed by atoms with Crippen molar-refractivity contribution in [1.82, 2.24) is 20.1 Å². The van der Waals surface area contributed by atoms with Gasteiger partial charge in [-0.05, 0) is 30.9 Å². The van der Waals surface area contributed by atoms with Crippen molar-refractivity contribution in [1.29, 1.82) is 0 Å². The first-order valence-electron chi connectivity index (χ1n) is 9.55. The van der Waals surface area contributed by atoms with Gasteiger partial charge in [0.25, 0.3) is 0 Å². The Labute approximate surface area is 169 Å². The molecular weight excluding hydrogens is 368 g/mol. The number of carbonyl (C=O) groups excluding carboxylic acids is 1. The van der Waals surface area contributed by atoms with Crippen molar-refractivity contribution in [3.8, 4) is 0 Å². The summed E-state index contributed by atoms with van der Waals surface area (Å²) in [5.74, 6) is 1.24. The molecule has 0 aliphatic heterocycles. The zero-order chi connectivity index (χ0) is 19.4. The second-order valence-corrected chi connectivity index (χ2v) is 8.26. The summed E-state index contributed by atoms with van der Waals surface area (Å²) in [6.45, 7) is 3.35. The number of rotatable bonds is 8. The number of benzene rings is 2.